The molecule has 0 saturated heterocycles. The second-order valence-electron chi connectivity index (χ2n) is 4.59. The SMILES string of the molecule is CO[Si](C)(C)CCCC(=O)OCC(F)(F)S(=O)(=O)O. The fraction of sp³-hybridized carbons (Fsp3) is 0.889. The van der Waals surface area contributed by atoms with Crippen molar-refractivity contribution in [1.29, 1.82) is 0 Å². The predicted molar refractivity (Wildman–Crippen MR) is 66.0 cm³/mol. The summed E-state index contributed by atoms with van der Waals surface area (Å²) >= 11 is 0. The Labute approximate surface area is 112 Å². The van der Waals surface area contributed by atoms with Crippen molar-refractivity contribution in [2.45, 2.75) is 37.2 Å². The summed E-state index contributed by atoms with van der Waals surface area (Å²) in [6, 6.07) is 0.646. The maximum atomic E-state index is 12.7. The second kappa shape index (κ2) is 6.73. The van der Waals surface area contributed by atoms with Gasteiger partial charge in [-0.1, -0.05) is 0 Å². The highest BCUT2D eigenvalue weighted by Crippen LogP contribution is 2.21. The summed E-state index contributed by atoms with van der Waals surface area (Å²) in [6.45, 7) is 2.19. The van der Waals surface area contributed by atoms with Crippen LogP contribution in [0.5, 0.6) is 0 Å². The molecule has 0 fully saturated rings. The first-order chi connectivity index (χ1) is 8.41. The summed E-state index contributed by atoms with van der Waals surface area (Å²) in [6.07, 6.45) is 0.296. The summed E-state index contributed by atoms with van der Waals surface area (Å²) in [7, 11) is -5.83. The van der Waals surface area contributed by atoms with Gasteiger partial charge in [-0.3, -0.25) is 9.35 Å². The lowest BCUT2D eigenvalue weighted by Gasteiger charge is -2.19. The Morgan fingerprint density at radius 3 is 2.32 bits per heavy atom. The number of alkyl halides is 2. The highest BCUT2D eigenvalue weighted by atomic mass is 32.2. The molecule has 0 rings (SSSR count). The number of esters is 1. The lowest BCUT2D eigenvalue weighted by molar-refractivity contribution is -0.149. The smallest absolute Gasteiger partial charge is 0.402 e. The van der Waals surface area contributed by atoms with Crippen LogP contribution >= 0.6 is 0 Å². The summed E-state index contributed by atoms with van der Waals surface area (Å²) < 4.78 is 63.5. The standard InChI is InChI=1S/C9H18F2O6SSi/c1-16-19(2,3)6-4-5-8(12)17-7-9(10,11)18(13,14)15/h4-7H2,1-3H3,(H,13,14,15). The number of halogens is 2. The number of ether oxygens (including phenoxy) is 1. The average molecular weight is 320 g/mol. The van der Waals surface area contributed by atoms with Crippen molar-refractivity contribution in [2.75, 3.05) is 13.7 Å². The molecule has 6 nitrogen and oxygen atoms in total. The fourth-order valence-electron chi connectivity index (χ4n) is 1.07. The van der Waals surface area contributed by atoms with Crippen LogP contribution in [0.25, 0.3) is 0 Å². The van der Waals surface area contributed by atoms with Crippen molar-refractivity contribution in [1.82, 2.24) is 0 Å². The monoisotopic (exact) mass is 320 g/mol. The van der Waals surface area contributed by atoms with E-state index in [1.807, 2.05) is 13.1 Å². The molecule has 0 aliphatic rings. The highest BCUT2D eigenvalue weighted by Gasteiger charge is 2.45. The topological polar surface area (TPSA) is 89.9 Å². The van der Waals surface area contributed by atoms with E-state index in [-0.39, 0.29) is 6.42 Å². The van der Waals surface area contributed by atoms with E-state index in [4.69, 9.17) is 8.98 Å². The first kappa shape index (κ1) is 18.4. The Morgan fingerprint density at radius 2 is 1.89 bits per heavy atom. The molecule has 0 aromatic carbocycles. The summed E-state index contributed by atoms with van der Waals surface area (Å²) in [5.74, 6) is -0.941. The van der Waals surface area contributed by atoms with E-state index in [9.17, 15) is 22.0 Å². The predicted octanol–water partition coefficient (Wildman–Crippen LogP) is 1.64. The van der Waals surface area contributed by atoms with E-state index in [1.165, 1.54) is 0 Å². The van der Waals surface area contributed by atoms with Gasteiger partial charge in [-0.25, -0.2) is 0 Å². The summed E-state index contributed by atoms with van der Waals surface area (Å²) in [5, 5.41) is -4.48. The Kier molecular flexibility index (Phi) is 6.52. The molecule has 0 bridgehead atoms. The molecule has 0 aromatic rings. The fourth-order valence-corrected chi connectivity index (χ4v) is 2.51. The molecule has 0 unspecified atom stereocenters. The molecule has 0 saturated carbocycles. The zero-order valence-electron chi connectivity index (χ0n) is 11.0. The summed E-state index contributed by atoms with van der Waals surface area (Å²) in [5.41, 5.74) is 0. The van der Waals surface area contributed by atoms with Crippen molar-refractivity contribution in [3.8, 4) is 0 Å². The van der Waals surface area contributed by atoms with Gasteiger partial charge in [-0.05, 0) is 25.6 Å². The van der Waals surface area contributed by atoms with Gasteiger partial charge in [0, 0.05) is 13.5 Å². The Bertz CT molecular complexity index is 409. The Hall–Kier alpha value is -0.583. The molecule has 0 aliphatic heterocycles. The third-order valence-electron chi connectivity index (χ3n) is 2.49. The molecule has 0 heterocycles. The Balaban J connectivity index is 4.09. The van der Waals surface area contributed by atoms with Gasteiger partial charge in [0.15, 0.2) is 14.9 Å². The minimum Gasteiger partial charge on any atom is -0.458 e. The minimum atomic E-state index is -5.57. The quantitative estimate of drug-likeness (QED) is 0.415. The molecule has 10 heteroatoms. The van der Waals surface area contributed by atoms with Crippen LogP contribution in [0.15, 0.2) is 0 Å². The lowest BCUT2D eigenvalue weighted by Crippen LogP contribution is -2.34. The van der Waals surface area contributed by atoms with Gasteiger partial charge in [0.05, 0.1) is 0 Å². The first-order valence-electron chi connectivity index (χ1n) is 5.47. The van der Waals surface area contributed by atoms with Crippen LogP contribution in [0.3, 0.4) is 0 Å². The van der Waals surface area contributed by atoms with Gasteiger partial charge < -0.3 is 9.16 Å². The Morgan fingerprint density at radius 1 is 1.37 bits per heavy atom. The molecule has 1 N–H and O–H groups in total. The molecule has 114 valence electrons. The third kappa shape index (κ3) is 6.94. The third-order valence-corrected chi connectivity index (χ3v) is 6.03. The normalized spacial score (nSPS) is 13.4. The maximum absolute atomic E-state index is 12.7. The van der Waals surface area contributed by atoms with E-state index in [0.717, 1.165) is 0 Å². The highest BCUT2D eigenvalue weighted by molar-refractivity contribution is 7.86. The molecule has 0 amide bonds. The molecule has 19 heavy (non-hydrogen) atoms. The van der Waals surface area contributed by atoms with E-state index in [0.29, 0.717) is 12.5 Å². The summed E-state index contributed by atoms with van der Waals surface area (Å²) in [4.78, 5) is 11.1. The van der Waals surface area contributed by atoms with Crippen LogP contribution in [0.4, 0.5) is 8.78 Å². The number of carbonyl (C=O) groups excluding carboxylic acids is 1. The van der Waals surface area contributed by atoms with E-state index < -0.39 is 36.3 Å². The largest absolute Gasteiger partial charge is 0.458 e. The van der Waals surface area contributed by atoms with Crippen LogP contribution < -0.4 is 0 Å². The van der Waals surface area contributed by atoms with Crippen LogP contribution in [0.1, 0.15) is 12.8 Å². The van der Waals surface area contributed by atoms with Crippen molar-refractivity contribution in [3.05, 3.63) is 0 Å². The van der Waals surface area contributed by atoms with Crippen LogP contribution in [-0.2, 0) is 24.1 Å². The molecular weight excluding hydrogens is 302 g/mol. The lowest BCUT2D eigenvalue weighted by atomic mass is 10.3. The molecule has 0 radical (unpaired) electrons. The van der Waals surface area contributed by atoms with Gasteiger partial charge in [0.2, 0.25) is 0 Å². The van der Waals surface area contributed by atoms with Gasteiger partial charge in [-0.2, -0.15) is 17.2 Å². The molecule has 0 atom stereocenters. The molecule has 0 spiro atoms. The van der Waals surface area contributed by atoms with Crippen LogP contribution in [0.2, 0.25) is 19.1 Å². The van der Waals surface area contributed by atoms with Crippen molar-refractivity contribution in [3.63, 3.8) is 0 Å². The maximum Gasteiger partial charge on any atom is 0.402 e. The number of hydrogen-bond donors (Lipinski definition) is 1. The van der Waals surface area contributed by atoms with Gasteiger partial charge in [-0.15, -0.1) is 0 Å². The minimum absolute atomic E-state index is 0.110. The van der Waals surface area contributed by atoms with Gasteiger partial charge >= 0.3 is 21.3 Å². The second-order valence-corrected chi connectivity index (χ2v) is 10.6. The molecule has 0 aromatic heterocycles. The van der Waals surface area contributed by atoms with Crippen molar-refractivity contribution in [2.24, 2.45) is 0 Å². The van der Waals surface area contributed by atoms with Crippen molar-refractivity contribution >= 4 is 24.4 Å². The van der Waals surface area contributed by atoms with E-state index in [1.54, 1.807) is 7.11 Å². The van der Waals surface area contributed by atoms with Crippen LogP contribution in [-0.4, -0.2) is 46.2 Å². The number of hydrogen-bond acceptors (Lipinski definition) is 5. The zero-order chi connectivity index (χ0) is 15.3. The number of rotatable bonds is 8. The van der Waals surface area contributed by atoms with Gasteiger partial charge in [0.25, 0.3) is 0 Å². The first-order valence-corrected chi connectivity index (χ1v) is 10.0. The molecule has 0 aliphatic carbocycles. The molecular formula is C9H18F2O6SSi. The average Bonchev–Trinajstić information content (AvgIpc) is 2.25. The van der Waals surface area contributed by atoms with Crippen molar-refractivity contribution < 1.29 is 35.7 Å². The zero-order valence-corrected chi connectivity index (χ0v) is 12.8. The van der Waals surface area contributed by atoms with Crippen LogP contribution in [0, 0.1) is 0 Å². The van der Waals surface area contributed by atoms with E-state index >= 15 is 0 Å². The van der Waals surface area contributed by atoms with Gasteiger partial charge in [0.1, 0.15) is 0 Å². The van der Waals surface area contributed by atoms with E-state index in [2.05, 4.69) is 4.74 Å². The number of carbonyl (C=O) groups is 1.